The summed E-state index contributed by atoms with van der Waals surface area (Å²) in [6, 6.07) is 4.75. The quantitative estimate of drug-likeness (QED) is 0.689. The SMILES string of the molecule is CC1CCc2c(sc3ncn(CC(=O)NC(=O)Nc4ccccc4F)c(=O)c23)C1. The molecule has 150 valence electrons. The van der Waals surface area contributed by atoms with Gasteiger partial charge < -0.3 is 5.32 Å². The van der Waals surface area contributed by atoms with Gasteiger partial charge in [0.25, 0.3) is 5.56 Å². The van der Waals surface area contributed by atoms with Gasteiger partial charge in [-0.3, -0.25) is 19.5 Å². The number of rotatable bonds is 3. The highest BCUT2D eigenvalue weighted by Crippen LogP contribution is 2.35. The molecule has 2 aromatic heterocycles. The van der Waals surface area contributed by atoms with Gasteiger partial charge in [-0.2, -0.15) is 0 Å². The zero-order chi connectivity index (χ0) is 20.5. The number of nitrogens with one attached hydrogen (secondary N) is 2. The lowest BCUT2D eigenvalue weighted by molar-refractivity contribution is -0.120. The molecular weight excluding hydrogens is 395 g/mol. The number of hydrogen-bond donors (Lipinski definition) is 2. The molecule has 29 heavy (non-hydrogen) atoms. The summed E-state index contributed by atoms with van der Waals surface area (Å²) in [5, 5.41) is 4.94. The van der Waals surface area contributed by atoms with Gasteiger partial charge in [-0.1, -0.05) is 19.1 Å². The van der Waals surface area contributed by atoms with Crippen LogP contribution in [0.2, 0.25) is 0 Å². The highest BCUT2D eigenvalue weighted by atomic mass is 32.1. The van der Waals surface area contributed by atoms with Crippen LogP contribution in [0.1, 0.15) is 23.8 Å². The maximum atomic E-state index is 13.6. The second kappa shape index (κ2) is 7.75. The normalized spacial score (nSPS) is 15.7. The number of thiophene rings is 1. The van der Waals surface area contributed by atoms with Gasteiger partial charge in [-0.05, 0) is 42.9 Å². The number of fused-ring (bicyclic) bond motifs is 3. The van der Waals surface area contributed by atoms with Gasteiger partial charge >= 0.3 is 6.03 Å². The van der Waals surface area contributed by atoms with E-state index in [-0.39, 0.29) is 17.8 Å². The van der Waals surface area contributed by atoms with Crippen LogP contribution >= 0.6 is 11.3 Å². The molecule has 0 fully saturated rings. The van der Waals surface area contributed by atoms with Crippen molar-refractivity contribution in [3.8, 4) is 0 Å². The summed E-state index contributed by atoms with van der Waals surface area (Å²) in [4.78, 5) is 43.2. The third kappa shape index (κ3) is 3.91. The maximum Gasteiger partial charge on any atom is 0.326 e. The van der Waals surface area contributed by atoms with Crippen LogP contribution in [0.4, 0.5) is 14.9 Å². The zero-order valence-corrected chi connectivity index (χ0v) is 16.5. The lowest BCUT2D eigenvalue weighted by Gasteiger charge is -2.17. The van der Waals surface area contributed by atoms with E-state index in [4.69, 9.17) is 0 Å². The van der Waals surface area contributed by atoms with E-state index in [2.05, 4.69) is 22.5 Å². The Bertz CT molecular complexity index is 1170. The van der Waals surface area contributed by atoms with Crippen LogP contribution < -0.4 is 16.2 Å². The van der Waals surface area contributed by atoms with Gasteiger partial charge in [0, 0.05) is 4.88 Å². The Kier molecular flexibility index (Phi) is 5.14. The number of carbonyl (C=O) groups is 2. The topological polar surface area (TPSA) is 93.1 Å². The van der Waals surface area contributed by atoms with E-state index in [1.807, 2.05) is 0 Å². The summed E-state index contributed by atoms with van der Waals surface area (Å²) in [7, 11) is 0. The van der Waals surface area contributed by atoms with Crippen molar-refractivity contribution < 1.29 is 14.0 Å². The first kappa shape index (κ1) is 19.3. The number of benzene rings is 1. The zero-order valence-electron chi connectivity index (χ0n) is 15.7. The van der Waals surface area contributed by atoms with E-state index in [9.17, 15) is 18.8 Å². The number of urea groups is 1. The predicted octanol–water partition coefficient (Wildman–Crippen LogP) is 3.07. The van der Waals surface area contributed by atoms with E-state index in [0.717, 1.165) is 24.8 Å². The largest absolute Gasteiger partial charge is 0.326 e. The Hall–Kier alpha value is -3.07. The minimum Gasteiger partial charge on any atom is -0.305 e. The first-order valence-corrected chi connectivity index (χ1v) is 10.1. The van der Waals surface area contributed by atoms with Crippen LogP contribution in [0.25, 0.3) is 10.2 Å². The summed E-state index contributed by atoms with van der Waals surface area (Å²) in [6.45, 7) is 1.84. The van der Waals surface area contributed by atoms with E-state index in [1.54, 1.807) is 6.07 Å². The van der Waals surface area contributed by atoms with Gasteiger partial charge in [-0.15, -0.1) is 11.3 Å². The Morgan fingerprint density at radius 1 is 1.34 bits per heavy atom. The standard InChI is InChI=1S/C20H19FN4O3S/c1-11-6-7-12-15(8-11)29-18-17(12)19(27)25(10-22-18)9-16(26)24-20(28)23-14-5-3-2-4-13(14)21/h2-5,10-11H,6-9H2,1H3,(H2,23,24,26,28). The Labute approximate surface area is 169 Å². The third-order valence-corrected chi connectivity index (χ3v) is 6.13. The molecule has 4 rings (SSSR count). The van der Waals surface area contributed by atoms with Crippen molar-refractivity contribution >= 4 is 39.2 Å². The van der Waals surface area contributed by atoms with Crippen molar-refractivity contribution in [3.63, 3.8) is 0 Å². The second-order valence-corrected chi connectivity index (χ2v) is 8.28. The highest BCUT2D eigenvalue weighted by molar-refractivity contribution is 7.18. The van der Waals surface area contributed by atoms with Gasteiger partial charge in [0.05, 0.1) is 17.4 Å². The first-order valence-electron chi connectivity index (χ1n) is 9.27. The molecule has 1 aliphatic carbocycles. The van der Waals surface area contributed by atoms with Crippen molar-refractivity contribution in [1.29, 1.82) is 0 Å². The molecule has 3 amide bonds. The Balaban J connectivity index is 1.50. The molecular formula is C20H19FN4O3S. The van der Waals surface area contributed by atoms with Crippen molar-refractivity contribution in [3.05, 3.63) is 57.2 Å². The number of aromatic nitrogens is 2. The van der Waals surface area contributed by atoms with Crippen molar-refractivity contribution in [2.75, 3.05) is 5.32 Å². The van der Waals surface area contributed by atoms with Gasteiger partial charge in [-0.25, -0.2) is 14.2 Å². The smallest absolute Gasteiger partial charge is 0.305 e. The second-order valence-electron chi connectivity index (χ2n) is 7.19. The van der Waals surface area contributed by atoms with Gasteiger partial charge in [0.1, 0.15) is 17.2 Å². The van der Waals surface area contributed by atoms with Crippen LogP contribution in [0.15, 0.2) is 35.4 Å². The number of amides is 3. The highest BCUT2D eigenvalue weighted by Gasteiger charge is 2.23. The van der Waals surface area contributed by atoms with Gasteiger partial charge in [0.2, 0.25) is 5.91 Å². The maximum absolute atomic E-state index is 13.6. The molecule has 1 unspecified atom stereocenters. The lowest BCUT2D eigenvalue weighted by atomic mass is 9.89. The number of nitrogens with zero attached hydrogens (tertiary/aromatic N) is 2. The Morgan fingerprint density at radius 3 is 2.93 bits per heavy atom. The average molecular weight is 414 g/mol. The number of para-hydroxylation sites is 1. The lowest BCUT2D eigenvalue weighted by Crippen LogP contribution is -2.38. The monoisotopic (exact) mass is 414 g/mol. The van der Waals surface area contributed by atoms with E-state index in [1.165, 1.54) is 45.3 Å². The molecule has 0 aliphatic heterocycles. The van der Waals surface area contributed by atoms with E-state index < -0.39 is 17.8 Å². The fourth-order valence-corrected chi connectivity index (χ4v) is 4.86. The molecule has 0 bridgehead atoms. The van der Waals surface area contributed by atoms with Crippen LogP contribution in [0.5, 0.6) is 0 Å². The molecule has 1 aromatic carbocycles. The molecule has 7 nitrogen and oxygen atoms in total. The van der Waals surface area contributed by atoms with Crippen LogP contribution in [-0.2, 0) is 24.2 Å². The third-order valence-electron chi connectivity index (χ3n) is 4.97. The molecule has 1 aliphatic rings. The number of imide groups is 1. The van der Waals surface area contributed by atoms with Crippen LogP contribution in [0, 0.1) is 11.7 Å². The first-order chi connectivity index (χ1) is 13.9. The molecule has 0 saturated heterocycles. The number of halogens is 1. The molecule has 0 spiro atoms. The number of carbonyl (C=O) groups excluding carboxylic acids is 2. The summed E-state index contributed by atoms with van der Waals surface area (Å²) < 4.78 is 14.8. The number of hydrogen-bond acceptors (Lipinski definition) is 5. The molecule has 2 heterocycles. The fourth-order valence-electron chi connectivity index (χ4n) is 3.52. The molecule has 0 saturated carbocycles. The summed E-state index contributed by atoms with van der Waals surface area (Å²) >= 11 is 1.53. The molecule has 9 heteroatoms. The summed E-state index contributed by atoms with van der Waals surface area (Å²) in [5.41, 5.74) is 0.705. The van der Waals surface area contributed by atoms with Crippen LogP contribution in [-0.4, -0.2) is 21.5 Å². The summed E-state index contributed by atoms with van der Waals surface area (Å²) in [6.07, 6.45) is 4.11. The number of aryl methyl sites for hydroxylation is 1. The average Bonchev–Trinajstić information content (AvgIpc) is 3.04. The molecule has 2 N–H and O–H groups in total. The fraction of sp³-hybridized carbons (Fsp3) is 0.300. The van der Waals surface area contributed by atoms with Crippen molar-refractivity contribution in [2.45, 2.75) is 32.7 Å². The van der Waals surface area contributed by atoms with E-state index >= 15 is 0 Å². The minimum atomic E-state index is -0.871. The Morgan fingerprint density at radius 2 is 2.14 bits per heavy atom. The van der Waals surface area contributed by atoms with Crippen molar-refractivity contribution in [2.24, 2.45) is 5.92 Å². The summed E-state index contributed by atoms with van der Waals surface area (Å²) in [5.74, 6) is -0.728. The molecule has 0 radical (unpaired) electrons. The van der Waals surface area contributed by atoms with Gasteiger partial charge in [0.15, 0.2) is 0 Å². The predicted molar refractivity (Wildman–Crippen MR) is 109 cm³/mol. The molecule has 1 atom stereocenters. The van der Waals surface area contributed by atoms with E-state index in [0.29, 0.717) is 16.1 Å². The number of anilines is 1. The minimum absolute atomic E-state index is 0.0443. The van der Waals surface area contributed by atoms with Crippen LogP contribution in [0.3, 0.4) is 0 Å². The van der Waals surface area contributed by atoms with Crippen molar-refractivity contribution in [1.82, 2.24) is 14.9 Å². The molecule has 3 aromatic rings.